The van der Waals surface area contributed by atoms with Gasteiger partial charge in [0.15, 0.2) is 4.34 Å². The van der Waals surface area contributed by atoms with Gasteiger partial charge in [-0.25, -0.2) is 18.1 Å². The highest BCUT2D eigenvalue weighted by Gasteiger charge is 2.23. The van der Waals surface area contributed by atoms with E-state index in [0.717, 1.165) is 27.6 Å². The van der Waals surface area contributed by atoms with E-state index in [1.807, 2.05) is 66.0 Å². The van der Waals surface area contributed by atoms with E-state index in [1.165, 1.54) is 28.8 Å². The Labute approximate surface area is 342 Å². The maximum absolute atomic E-state index is 13.5. The summed E-state index contributed by atoms with van der Waals surface area (Å²) in [6.07, 6.45) is 1.31. The number of benzene rings is 5. The van der Waals surface area contributed by atoms with Crippen LogP contribution in [0.4, 0.5) is 11.4 Å². The zero-order valence-electron chi connectivity index (χ0n) is 31.3. The Morgan fingerprint density at radius 2 is 1.54 bits per heavy atom. The zero-order chi connectivity index (χ0) is 39.9. The van der Waals surface area contributed by atoms with Crippen molar-refractivity contribution >= 4 is 56.7 Å². The van der Waals surface area contributed by atoms with Crippen LogP contribution in [0.15, 0.2) is 142 Å². The van der Waals surface area contributed by atoms with Gasteiger partial charge in [-0.2, -0.15) is 0 Å². The lowest BCUT2D eigenvalue weighted by atomic mass is 9.93. The summed E-state index contributed by atoms with van der Waals surface area (Å²) in [7, 11) is -4.28. The summed E-state index contributed by atoms with van der Waals surface area (Å²) in [6.45, 7) is 2.31. The molecular formula is C44H45N5O5S3. The van der Waals surface area contributed by atoms with E-state index in [2.05, 4.69) is 44.9 Å². The first-order chi connectivity index (χ1) is 27.8. The van der Waals surface area contributed by atoms with Crippen molar-refractivity contribution in [2.45, 2.75) is 34.5 Å². The van der Waals surface area contributed by atoms with Crippen molar-refractivity contribution in [2.24, 2.45) is 0 Å². The number of aldehydes is 1. The van der Waals surface area contributed by atoms with E-state index in [4.69, 9.17) is 4.98 Å². The molecule has 5 aromatic carbocycles. The molecule has 0 bridgehead atoms. The molecule has 0 radical (unpaired) electrons. The van der Waals surface area contributed by atoms with Gasteiger partial charge in [0.05, 0.1) is 17.2 Å². The Bertz CT molecular complexity index is 2320. The quantitative estimate of drug-likeness (QED) is 0.0274. The summed E-state index contributed by atoms with van der Waals surface area (Å²) in [5, 5.41) is 22.5. The first-order valence-electron chi connectivity index (χ1n) is 18.7. The summed E-state index contributed by atoms with van der Waals surface area (Å²) in [5.74, 6) is -0.576. The number of amides is 1. The molecule has 0 aliphatic carbocycles. The normalized spacial score (nSPS) is 11.8. The Hall–Kier alpha value is -5.31. The van der Waals surface area contributed by atoms with Crippen molar-refractivity contribution in [1.29, 1.82) is 0 Å². The van der Waals surface area contributed by atoms with Crippen molar-refractivity contribution in [3.05, 3.63) is 149 Å². The third-order valence-corrected chi connectivity index (χ3v) is 12.6. The molecule has 1 heterocycles. The number of nitrogens with zero attached hydrogens (tertiary/aromatic N) is 1. The first kappa shape index (κ1) is 41.3. The number of carbonyl (C=O) groups is 2. The number of carbonyl (C=O) groups excluding carboxylic acids is 2. The van der Waals surface area contributed by atoms with Crippen molar-refractivity contribution in [1.82, 2.24) is 15.0 Å². The Kier molecular flexibility index (Phi) is 15.0. The lowest BCUT2D eigenvalue weighted by Crippen LogP contribution is -2.30. The molecule has 0 saturated carbocycles. The number of aromatic nitrogens is 1. The minimum Gasteiger partial charge on any atom is -0.396 e. The lowest BCUT2D eigenvalue weighted by molar-refractivity contribution is -0.108. The number of nitrogens with one attached hydrogen (secondary N) is 4. The number of hydrogen-bond acceptors (Lipinski definition) is 11. The van der Waals surface area contributed by atoms with Crippen molar-refractivity contribution in [2.75, 3.05) is 42.6 Å². The molecule has 1 atom stereocenters. The molecule has 0 spiro atoms. The van der Waals surface area contributed by atoms with Crippen molar-refractivity contribution < 1.29 is 23.1 Å². The lowest BCUT2D eigenvalue weighted by Gasteiger charge is -2.20. The van der Waals surface area contributed by atoms with Gasteiger partial charge in [0.25, 0.3) is 15.9 Å². The van der Waals surface area contributed by atoms with E-state index in [-0.39, 0.29) is 23.5 Å². The van der Waals surface area contributed by atoms with Gasteiger partial charge >= 0.3 is 0 Å². The summed E-state index contributed by atoms with van der Waals surface area (Å²) >= 11 is 3.18. The molecule has 6 rings (SSSR count). The summed E-state index contributed by atoms with van der Waals surface area (Å²) in [5.41, 5.74) is 7.73. The predicted molar refractivity (Wildman–Crippen MR) is 231 cm³/mol. The molecule has 0 saturated heterocycles. The van der Waals surface area contributed by atoms with Gasteiger partial charge in [-0.15, -0.1) is 11.3 Å². The highest BCUT2D eigenvalue weighted by atomic mass is 32.2. The fourth-order valence-corrected chi connectivity index (χ4v) is 9.05. The number of anilines is 2. The summed E-state index contributed by atoms with van der Waals surface area (Å²) in [4.78, 5) is 29.0. The molecule has 6 aromatic rings. The molecule has 0 fully saturated rings. The second-order valence-corrected chi connectivity index (χ2v) is 17.0. The molecule has 1 unspecified atom stereocenters. The molecule has 0 aliphatic rings. The van der Waals surface area contributed by atoms with Crippen LogP contribution >= 0.6 is 23.1 Å². The van der Waals surface area contributed by atoms with E-state index < -0.39 is 21.8 Å². The monoisotopic (exact) mass is 819 g/mol. The smallest absolute Gasteiger partial charge is 0.264 e. The zero-order valence-corrected chi connectivity index (χ0v) is 33.7. The largest absolute Gasteiger partial charge is 0.396 e. The van der Waals surface area contributed by atoms with Crippen LogP contribution in [0.5, 0.6) is 0 Å². The van der Waals surface area contributed by atoms with Gasteiger partial charge in [0.2, 0.25) is 0 Å². The standard InChI is InChI=1S/C44H45N5O5S3/c50-26-9-15-36(30-51)40-28-38(21-22-41(40)47-25-27-55-44-48-42(31-56-44)33-12-5-2-6-13-33)57(53,54)49-43(52)34-17-19-37(20-18-34)46-24-23-45-29-35-14-7-8-16-39(35)32-10-3-1-4-11-32/h1-8,10-14,16-22,26,28,31,36,45-47,51H,9,15,23-25,27,29-30H2,(H,49,52). The fourth-order valence-electron chi connectivity index (χ4n) is 6.28. The van der Waals surface area contributed by atoms with Gasteiger partial charge in [-0.05, 0) is 71.1 Å². The van der Waals surface area contributed by atoms with Crippen LogP contribution in [0.3, 0.4) is 0 Å². The van der Waals surface area contributed by atoms with Crippen LogP contribution in [0.2, 0.25) is 0 Å². The molecule has 57 heavy (non-hydrogen) atoms. The number of thioether (sulfide) groups is 1. The van der Waals surface area contributed by atoms with Crippen LogP contribution in [-0.2, 0) is 21.4 Å². The van der Waals surface area contributed by atoms with Crippen LogP contribution in [0.1, 0.15) is 40.2 Å². The molecule has 1 amide bonds. The number of hydrogen-bond donors (Lipinski definition) is 5. The SMILES string of the molecule is O=CCCC(CO)c1cc(S(=O)(=O)NC(=O)c2ccc(NCCNCc3ccccc3-c3ccccc3)cc2)ccc1NCCSc1nc(-c2ccccc2)cs1. The highest BCUT2D eigenvalue weighted by molar-refractivity contribution is 8.01. The number of aliphatic hydroxyl groups excluding tert-OH is 1. The van der Waals surface area contributed by atoms with Gasteiger partial charge in [-0.1, -0.05) is 96.7 Å². The Morgan fingerprint density at radius 1 is 0.825 bits per heavy atom. The topological polar surface area (TPSA) is 150 Å². The minimum atomic E-state index is -4.28. The van der Waals surface area contributed by atoms with Crippen LogP contribution in [0, 0.1) is 0 Å². The van der Waals surface area contributed by atoms with Gasteiger partial charge in [0.1, 0.15) is 6.29 Å². The Balaban J connectivity index is 1.02. The highest BCUT2D eigenvalue weighted by Crippen LogP contribution is 2.32. The molecule has 10 nitrogen and oxygen atoms in total. The molecule has 13 heteroatoms. The van der Waals surface area contributed by atoms with E-state index in [9.17, 15) is 23.1 Å². The Morgan fingerprint density at radius 3 is 2.28 bits per heavy atom. The predicted octanol–water partition coefficient (Wildman–Crippen LogP) is 8.06. The third kappa shape index (κ3) is 11.6. The molecule has 5 N–H and O–H groups in total. The van der Waals surface area contributed by atoms with Gasteiger partial charge in [-0.3, -0.25) is 4.79 Å². The number of thiazole rings is 1. The van der Waals surface area contributed by atoms with E-state index >= 15 is 0 Å². The maximum Gasteiger partial charge on any atom is 0.264 e. The number of sulfonamides is 1. The van der Waals surface area contributed by atoms with Gasteiger partial charge in [0, 0.05) is 72.2 Å². The summed E-state index contributed by atoms with van der Waals surface area (Å²) in [6, 6.07) is 39.7. The average molecular weight is 820 g/mol. The van der Waals surface area contributed by atoms with E-state index in [1.54, 1.807) is 53.4 Å². The van der Waals surface area contributed by atoms with Crippen LogP contribution in [0.25, 0.3) is 22.4 Å². The van der Waals surface area contributed by atoms with Gasteiger partial charge < -0.3 is 25.9 Å². The molecule has 1 aromatic heterocycles. The maximum atomic E-state index is 13.5. The second-order valence-electron chi connectivity index (χ2n) is 13.2. The average Bonchev–Trinajstić information content (AvgIpc) is 3.73. The van der Waals surface area contributed by atoms with Crippen molar-refractivity contribution in [3.63, 3.8) is 0 Å². The molecule has 0 aliphatic heterocycles. The number of rotatable bonds is 21. The first-order valence-corrected chi connectivity index (χ1v) is 22.0. The minimum absolute atomic E-state index is 0.122. The third-order valence-electron chi connectivity index (χ3n) is 9.24. The summed E-state index contributed by atoms with van der Waals surface area (Å²) < 4.78 is 30.1. The number of aliphatic hydroxyl groups is 1. The van der Waals surface area contributed by atoms with E-state index in [0.29, 0.717) is 49.6 Å². The molecule has 294 valence electrons. The van der Waals surface area contributed by atoms with Crippen LogP contribution in [-0.4, -0.2) is 62.7 Å². The second kappa shape index (κ2) is 20.7. The van der Waals surface area contributed by atoms with Crippen molar-refractivity contribution in [3.8, 4) is 22.4 Å². The molecular weight excluding hydrogens is 775 g/mol. The fraction of sp³-hybridized carbons (Fsp3) is 0.205. The van der Waals surface area contributed by atoms with Crippen LogP contribution < -0.4 is 20.7 Å².